The van der Waals surface area contributed by atoms with Crippen LogP contribution < -0.4 is 10.1 Å². The van der Waals surface area contributed by atoms with Crippen molar-refractivity contribution in [2.75, 3.05) is 6.61 Å². The fraction of sp³-hybridized carbons (Fsp3) is 0.300. The largest absolute Gasteiger partial charge is 0.465 e. The number of benzene rings is 2. The summed E-state index contributed by atoms with van der Waals surface area (Å²) in [5.74, 6) is -1.21. The molecular weight excluding hydrogens is 503 g/mol. The minimum absolute atomic E-state index is 0.0300. The highest BCUT2D eigenvalue weighted by atomic mass is 19.1. The zero-order chi connectivity index (χ0) is 27.2. The van der Waals surface area contributed by atoms with Gasteiger partial charge in [0.05, 0.1) is 12.0 Å². The molecule has 0 radical (unpaired) electrons. The number of aromatic nitrogens is 1. The first-order valence-corrected chi connectivity index (χ1v) is 12.9. The Balaban J connectivity index is 1.20. The minimum Gasteiger partial charge on any atom is -0.465 e. The average Bonchev–Trinajstić information content (AvgIpc) is 3.35. The van der Waals surface area contributed by atoms with Gasteiger partial charge in [-0.05, 0) is 49.1 Å². The van der Waals surface area contributed by atoms with Crippen LogP contribution in [0.2, 0.25) is 0 Å². The van der Waals surface area contributed by atoms with Gasteiger partial charge in [0, 0.05) is 24.7 Å². The van der Waals surface area contributed by atoms with Crippen molar-refractivity contribution in [2.45, 2.75) is 50.9 Å². The van der Waals surface area contributed by atoms with Crippen molar-refractivity contribution in [3.63, 3.8) is 0 Å². The maximum absolute atomic E-state index is 15.0. The molecule has 1 amide bonds. The summed E-state index contributed by atoms with van der Waals surface area (Å²) in [4.78, 5) is 29.7. The molecule has 1 atom stereocenters. The third-order valence-corrected chi connectivity index (χ3v) is 6.94. The quantitative estimate of drug-likeness (QED) is 0.370. The lowest BCUT2D eigenvalue weighted by Gasteiger charge is -2.39. The number of amides is 1. The van der Waals surface area contributed by atoms with Gasteiger partial charge in [0.15, 0.2) is 6.26 Å². The van der Waals surface area contributed by atoms with E-state index >= 15 is 4.39 Å². The van der Waals surface area contributed by atoms with Crippen LogP contribution in [0.3, 0.4) is 0 Å². The lowest BCUT2D eigenvalue weighted by Crippen LogP contribution is -2.43. The third kappa shape index (κ3) is 5.72. The summed E-state index contributed by atoms with van der Waals surface area (Å²) in [5, 5.41) is 2.71. The molecule has 9 heteroatoms. The molecule has 5 rings (SSSR count). The number of carbonyl (C=O) groups excluding carboxylic acids is 2. The van der Waals surface area contributed by atoms with Crippen LogP contribution in [0.25, 0.3) is 0 Å². The molecule has 1 aromatic heterocycles. The second-order valence-corrected chi connectivity index (χ2v) is 9.41. The molecule has 2 aliphatic rings. The van der Waals surface area contributed by atoms with Crippen LogP contribution >= 0.6 is 0 Å². The van der Waals surface area contributed by atoms with Crippen LogP contribution in [-0.2, 0) is 37.4 Å². The number of nitrogens with one attached hydrogen (secondary N) is 1. The number of hydrogen-bond donors (Lipinski definition) is 1. The fourth-order valence-electron chi connectivity index (χ4n) is 4.67. The van der Waals surface area contributed by atoms with Gasteiger partial charge >= 0.3 is 11.9 Å². The van der Waals surface area contributed by atoms with Crippen molar-refractivity contribution in [1.29, 1.82) is 0 Å². The molecular formula is C30H29FN2O6. The van der Waals surface area contributed by atoms with Gasteiger partial charge in [-0.25, -0.2) is 9.37 Å². The first-order chi connectivity index (χ1) is 19.0. The Bertz CT molecular complexity index is 1370. The van der Waals surface area contributed by atoms with Crippen LogP contribution in [0.15, 0.2) is 79.1 Å². The molecule has 0 spiro atoms. The summed E-state index contributed by atoms with van der Waals surface area (Å²) >= 11 is 0. The Morgan fingerprint density at radius 1 is 1.13 bits per heavy atom. The second kappa shape index (κ2) is 11.6. The van der Waals surface area contributed by atoms with E-state index in [2.05, 4.69) is 10.3 Å². The van der Waals surface area contributed by atoms with Crippen LogP contribution in [0, 0.1) is 5.82 Å². The topological polar surface area (TPSA) is 96.0 Å². The summed E-state index contributed by atoms with van der Waals surface area (Å²) in [6.07, 6.45) is 4.93. The monoisotopic (exact) mass is 532 g/mol. The number of nitrogens with zero attached hydrogens (tertiary/aromatic N) is 1. The summed E-state index contributed by atoms with van der Waals surface area (Å²) < 4.78 is 37.2. The van der Waals surface area contributed by atoms with E-state index in [1.54, 1.807) is 31.2 Å². The number of ether oxygens (including phenoxy) is 4. The zero-order valence-electron chi connectivity index (χ0n) is 21.5. The Labute approximate surface area is 225 Å². The molecule has 1 fully saturated rings. The molecule has 8 nitrogen and oxygen atoms in total. The van der Waals surface area contributed by atoms with Crippen molar-refractivity contribution in [3.8, 4) is 5.88 Å². The number of carbonyl (C=O) groups is 2. The van der Waals surface area contributed by atoms with E-state index in [0.717, 1.165) is 12.0 Å². The second-order valence-electron chi connectivity index (χ2n) is 9.41. The Hall–Kier alpha value is -4.40. The lowest BCUT2D eigenvalue weighted by molar-refractivity contribution is -0.153. The molecule has 1 N–H and O–H groups in total. The van der Waals surface area contributed by atoms with Gasteiger partial charge in [0.2, 0.25) is 12.2 Å². The highest BCUT2D eigenvalue weighted by Gasteiger charge is 2.47. The van der Waals surface area contributed by atoms with Gasteiger partial charge in [0.25, 0.3) is 5.91 Å². The molecule has 2 aromatic carbocycles. The Kier molecular flexibility index (Phi) is 7.76. The number of pyridine rings is 1. The molecule has 1 unspecified atom stereocenters. The molecule has 3 aromatic rings. The summed E-state index contributed by atoms with van der Waals surface area (Å²) in [5.41, 5.74) is 1.29. The van der Waals surface area contributed by atoms with Crippen molar-refractivity contribution < 1.29 is 32.9 Å². The molecule has 39 heavy (non-hydrogen) atoms. The zero-order valence-corrected chi connectivity index (χ0v) is 21.5. The summed E-state index contributed by atoms with van der Waals surface area (Å²) in [6, 6.07) is 17.6. The Morgan fingerprint density at radius 3 is 2.67 bits per heavy atom. The van der Waals surface area contributed by atoms with Crippen LogP contribution in [0.5, 0.6) is 5.88 Å². The predicted octanol–water partition coefficient (Wildman–Crippen LogP) is 4.93. The van der Waals surface area contributed by atoms with E-state index in [1.165, 1.54) is 18.5 Å². The van der Waals surface area contributed by atoms with E-state index in [9.17, 15) is 9.59 Å². The first-order valence-electron chi connectivity index (χ1n) is 12.9. The van der Waals surface area contributed by atoms with Gasteiger partial charge in [-0.1, -0.05) is 48.9 Å². The van der Waals surface area contributed by atoms with E-state index < -0.39 is 23.4 Å². The maximum atomic E-state index is 15.0. The van der Waals surface area contributed by atoms with Crippen LogP contribution in [0.4, 0.5) is 4.39 Å². The number of halogens is 1. The standard InChI is InChI=1S/C30H29FN2O6/c1-2-36-29(35)30(13-7-14-30)22-12-11-21(24(31)17-22)18-33-27(34)23-10-6-15-32-28(23)39-26-19-37-25(38-26)16-20-8-4-3-5-9-20/h3-6,8-12,15,17,19,25H,2,7,13-14,16,18H2,1H3,(H,33,34). The highest BCUT2D eigenvalue weighted by Crippen LogP contribution is 2.45. The van der Waals surface area contributed by atoms with E-state index in [1.807, 2.05) is 30.3 Å². The molecule has 1 aliphatic carbocycles. The van der Waals surface area contributed by atoms with Gasteiger partial charge in [-0.2, -0.15) is 0 Å². The van der Waals surface area contributed by atoms with E-state index in [-0.39, 0.29) is 42.1 Å². The number of hydrogen-bond acceptors (Lipinski definition) is 7. The molecule has 1 saturated carbocycles. The highest BCUT2D eigenvalue weighted by molar-refractivity contribution is 5.96. The van der Waals surface area contributed by atoms with Crippen molar-refractivity contribution in [1.82, 2.24) is 10.3 Å². The summed E-state index contributed by atoms with van der Waals surface area (Å²) in [6.45, 7) is 1.97. The molecule has 1 aliphatic heterocycles. The van der Waals surface area contributed by atoms with Gasteiger partial charge in [-0.3, -0.25) is 9.59 Å². The molecule has 0 saturated heterocycles. The maximum Gasteiger partial charge on any atom is 0.325 e. The minimum atomic E-state index is -0.790. The molecule has 0 bridgehead atoms. The van der Waals surface area contributed by atoms with E-state index in [0.29, 0.717) is 24.8 Å². The predicted molar refractivity (Wildman–Crippen MR) is 139 cm³/mol. The van der Waals surface area contributed by atoms with Crippen LogP contribution in [0.1, 0.15) is 53.2 Å². The van der Waals surface area contributed by atoms with Crippen molar-refractivity contribution in [2.24, 2.45) is 0 Å². The summed E-state index contributed by atoms with van der Waals surface area (Å²) in [7, 11) is 0. The SMILES string of the molecule is CCOC(=O)C1(c2ccc(CNC(=O)c3cccnc3OC3=COC(Cc4ccccc4)O3)c(F)c2)CCC1. The van der Waals surface area contributed by atoms with E-state index in [4.69, 9.17) is 18.9 Å². The number of esters is 1. The van der Waals surface area contributed by atoms with Gasteiger partial charge < -0.3 is 24.3 Å². The normalized spacial score (nSPS) is 17.2. The van der Waals surface area contributed by atoms with Crippen LogP contribution in [-0.4, -0.2) is 29.8 Å². The molecule has 2 heterocycles. The molecule has 202 valence electrons. The average molecular weight is 533 g/mol. The van der Waals surface area contributed by atoms with Gasteiger partial charge in [-0.15, -0.1) is 0 Å². The van der Waals surface area contributed by atoms with Crippen molar-refractivity contribution >= 4 is 11.9 Å². The fourth-order valence-corrected chi connectivity index (χ4v) is 4.67. The Morgan fingerprint density at radius 2 is 1.95 bits per heavy atom. The van der Waals surface area contributed by atoms with Gasteiger partial charge in [0.1, 0.15) is 11.4 Å². The van der Waals surface area contributed by atoms with Crippen molar-refractivity contribution in [3.05, 3.63) is 107 Å². The number of rotatable bonds is 10. The first kappa shape index (κ1) is 26.2. The lowest BCUT2D eigenvalue weighted by atomic mass is 9.64. The smallest absolute Gasteiger partial charge is 0.325 e. The third-order valence-electron chi connectivity index (χ3n) is 6.94.